The Hall–Kier alpha value is -1.18. The van der Waals surface area contributed by atoms with Gasteiger partial charge >= 0.3 is 0 Å². The standard InChI is InChI=1S/C10H12O2.C2H6/c1-7-5-8(2)10-9(6-7)11-3-4-12-10;1-2/h5-6H,3-4H2,1-2H3;1-2H3. The number of hydrogen-bond donors (Lipinski definition) is 0. The fourth-order valence-electron chi connectivity index (χ4n) is 1.50. The van der Waals surface area contributed by atoms with E-state index < -0.39 is 0 Å². The Morgan fingerprint density at radius 1 is 1.00 bits per heavy atom. The van der Waals surface area contributed by atoms with Gasteiger partial charge in [0.1, 0.15) is 13.2 Å². The van der Waals surface area contributed by atoms with E-state index >= 15 is 0 Å². The first-order chi connectivity index (χ1) is 6.77. The van der Waals surface area contributed by atoms with Crippen LogP contribution in [-0.4, -0.2) is 13.2 Å². The highest BCUT2D eigenvalue weighted by Crippen LogP contribution is 2.34. The van der Waals surface area contributed by atoms with Gasteiger partial charge < -0.3 is 9.47 Å². The lowest BCUT2D eigenvalue weighted by Gasteiger charge is -2.20. The normalized spacial score (nSPS) is 12.9. The number of fused-ring (bicyclic) bond motifs is 1. The molecule has 1 heterocycles. The molecule has 0 bridgehead atoms. The van der Waals surface area contributed by atoms with Crippen LogP contribution in [-0.2, 0) is 0 Å². The molecular weight excluding hydrogens is 176 g/mol. The molecule has 0 fully saturated rings. The van der Waals surface area contributed by atoms with Crippen LogP contribution in [0.4, 0.5) is 0 Å². The van der Waals surface area contributed by atoms with Crippen molar-refractivity contribution in [3.05, 3.63) is 23.3 Å². The fraction of sp³-hybridized carbons (Fsp3) is 0.500. The second-order valence-corrected chi connectivity index (χ2v) is 3.11. The lowest BCUT2D eigenvalue weighted by molar-refractivity contribution is 0.170. The summed E-state index contributed by atoms with van der Waals surface area (Å²) in [6.45, 7) is 9.43. The summed E-state index contributed by atoms with van der Waals surface area (Å²) >= 11 is 0. The highest BCUT2D eigenvalue weighted by molar-refractivity contribution is 5.49. The number of rotatable bonds is 0. The Labute approximate surface area is 85.8 Å². The summed E-state index contributed by atoms with van der Waals surface area (Å²) in [6, 6.07) is 4.12. The van der Waals surface area contributed by atoms with Crippen LogP contribution < -0.4 is 9.47 Å². The minimum Gasteiger partial charge on any atom is -0.486 e. The molecule has 1 aliphatic rings. The molecule has 0 spiro atoms. The summed E-state index contributed by atoms with van der Waals surface area (Å²) in [5.41, 5.74) is 2.38. The zero-order valence-corrected chi connectivity index (χ0v) is 9.39. The summed E-state index contributed by atoms with van der Waals surface area (Å²) in [6.07, 6.45) is 0. The SMILES string of the molecule is CC.Cc1cc(C)c2c(c1)OCCO2. The van der Waals surface area contributed by atoms with Gasteiger partial charge in [0.25, 0.3) is 0 Å². The molecular formula is C12H18O2. The molecule has 0 radical (unpaired) electrons. The second kappa shape index (κ2) is 4.89. The van der Waals surface area contributed by atoms with E-state index in [1.165, 1.54) is 5.56 Å². The topological polar surface area (TPSA) is 18.5 Å². The summed E-state index contributed by atoms with van der Waals surface area (Å²) < 4.78 is 10.9. The quantitative estimate of drug-likeness (QED) is 0.631. The molecule has 1 aromatic carbocycles. The van der Waals surface area contributed by atoms with Gasteiger partial charge in [-0.15, -0.1) is 0 Å². The van der Waals surface area contributed by atoms with E-state index in [9.17, 15) is 0 Å². The van der Waals surface area contributed by atoms with E-state index in [4.69, 9.17) is 9.47 Å². The number of hydrogen-bond acceptors (Lipinski definition) is 2. The van der Waals surface area contributed by atoms with Gasteiger partial charge in [-0.25, -0.2) is 0 Å². The highest BCUT2D eigenvalue weighted by Gasteiger charge is 2.13. The molecule has 0 saturated heterocycles. The lowest BCUT2D eigenvalue weighted by atomic mass is 10.1. The Morgan fingerprint density at radius 3 is 2.36 bits per heavy atom. The molecule has 1 aromatic rings. The molecule has 0 unspecified atom stereocenters. The molecule has 0 amide bonds. The lowest BCUT2D eigenvalue weighted by Crippen LogP contribution is -2.16. The number of aryl methyl sites for hydroxylation is 2. The van der Waals surface area contributed by atoms with Crippen molar-refractivity contribution in [3.63, 3.8) is 0 Å². The molecule has 0 atom stereocenters. The Balaban J connectivity index is 0.000000461. The maximum Gasteiger partial charge on any atom is 0.164 e. The first kappa shape index (κ1) is 10.9. The predicted octanol–water partition coefficient (Wildman–Crippen LogP) is 3.10. The molecule has 0 saturated carbocycles. The third-order valence-electron chi connectivity index (χ3n) is 1.97. The molecule has 78 valence electrons. The second-order valence-electron chi connectivity index (χ2n) is 3.11. The molecule has 0 aromatic heterocycles. The first-order valence-electron chi connectivity index (χ1n) is 5.14. The predicted molar refractivity (Wildman–Crippen MR) is 58.3 cm³/mol. The third-order valence-corrected chi connectivity index (χ3v) is 1.97. The van der Waals surface area contributed by atoms with Crippen molar-refractivity contribution < 1.29 is 9.47 Å². The Morgan fingerprint density at radius 2 is 1.64 bits per heavy atom. The van der Waals surface area contributed by atoms with Gasteiger partial charge in [-0.3, -0.25) is 0 Å². The molecule has 2 rings (SSSR count). The van der Waals surface area contributed by atoms with Crippen LogP contribution in [0.2, 0.25) is 0 Å². The van der Waals surface area contributed by atoms with E-state index in [1.54, 1.807) is 0 Å². The van der Waals surface area contributed by atoms with Crippen molar-refractivity contribution in [3.8, 4) is 11.5 Å². The largest absolute Gasteiger partial charge is 0.486 e. The van der Waals surface area contributed by atoms with E-state index in [-0.39, 0.29) is 0 Å². The van der Waals surface area contributed by atoms with Gasteiger partial charge in [0.2, 0.25) is 0 Å². The summed E-state index contributed by atoms with van der Waals surface area (Å²) in [7, 11) is 0. The van der Waals surface area contributed by atoms with Crippen LogP contribution in [0, 0.1) is 13.8 Å². The zero-order valence-electron chi connectivity index (χ0n) is 9.39. The molecule has 1 aliphatic heterocycles. The summed E-state index contributed by atoms with van der Waals surface area (Å²) in [5, 5.41) is 0. The smallest absolute Gasteiger partial charge is 0.164 e. The van der Waals surface area contributed by atoms with Gasteiger partial charge in [-0.2, -0.15) is 0 Å². The van der Waals surface area contributed by atoms with Gasteiger partial charge in [0.15, 0.2) is 11.5 Å². The van der Waals surface area contributed by atoms with Crippen molar-refractivity contribution in [2.24, 2.45) is 0 Å². The van der Waals surface area contributed by atoms with Crippen LogP contribution in [0.1, 0.15) is 25.0 Å². The average Bonchev–Trinajstić information content (AvgIpc) is 2.20. The maximum atomic E-state index is 5.48. The van der Waals surface area contributed by atoms with Crippen LogP contribution in [0.5, 0.6) is 11.5 Å². The molecule has 0 N–H and O–H groups in total. The molecule has 14 heavy (non-hydrogen) atoms. The summed E-state index contributed by atoms with van der Waals surface area (Å²) in [4.78, 5) is 0. The fourth-order valence-corrected chi connectivity index (χ4v) is 1.50. The third kappa shape index (κ3) is 2.19. The number of benzene rings is 1. The Bertz CT molecular complexity index is 305. The van der Waals surface area contributed by atoms with Gasteiger partial charge in [0.05, 0.1) is 0 Å². The highest BCUT2D eigenvalue weighted by atomic mass is 16.6. The number of ether oxygens (including phenoxy) is 2. The van der Waals surface area contributed by atoms with Crippen LogP contribution >= 0.6 is 0 Å². The van der Waals surface area contributed by atoms with Crippen LogP contribution in [0.3, 0.4) is 0 Å². The zero-order chi connectivity index (χ0) is 10.6. The van der Waals surface area contributed by atoms with Gasteiger partial charge in [0, 0.05) is 0 Å². The van der Waals surface area contributed by atoms with Crippen molar-refractivity contribution in [2.75, 3.05) is 13.2 Å². The van der Waals surface area contributed by atoms with Crippen LogP contribution in [0.25, 0.3) is 0 Å². The minimum atomic E-state index is 0.663. The van der Waals surface area contributed by atoms with Gasteiger partial charge in [-0.05, 0) is 31.0 Å². The Kier molecular flexibility index (Phi) is 3.81. The van der Waals surface area contributed by atoms with E-state index in [1.807, 2.05) is 26.8 Å². The minimum absolute atomic E-state index is 0.663. The van der Waals surface area contributed by atoms with Crippen molar-refractivity contribution in [1.29, 1.82) is 0 Å². The van der Waals surface area contributed by atoms with E-state index in [2.05, 4.69) is 13.0 Å². The average molecular weight is 194 g/mol. The molecule has 0 aliphatic carbocycles. The molecule has 2 heteroatoms. The van der Waals surface area contributed by atoms with Crippen molar-refractivity contribution >= 4 is 0 Å². The monoisotopic (exact) mass is 194 g/mol. The van der Waals surface area contributed by atoms with Crippen LogP contribution in [0.15, 0.2) is 12.1 Å². The van der Waals surface area contributed by atoms with E-state index in [0.29, 0.717) is 13.2 Å². The van der Waals surface area contributed by atoms with E-state index in [0.717, 1.165) is 17.1 Å². The first-order valence-corrected chi connectivity index (χ1v) is 5.14. The van der Waals surface area contributed by atoms with Gasteiger partial charge in [-0.1, -0.05) is 19.9 Å². The molecule has 2 nitrogen and oxygen atoms in total. The van der Waals surface area contributed by atoms with Crippen molar-refractivity contribution in [1.82, 2.24) is 0 Å². The van der Waals surface area contributed by atoms with Crippen molar-refractivity contribution in [2.45, 2.75) is 27.7 Å². The maximum absolute atomic E-state index is 5.48. The summed E-state index contributed by atoms with van der Waals surface area (Å²) in [5.74, 6) is 1.80.